The van der Waals surface area contributed by atoms with E-state index in [1.54, 1.807) is 6.20 Å². The van der Waals surface area contributed by atoms with E-state index >= 15 is 0 Å². The molecule has 13 heavy (non-hydrogen) atoms. The summed E-state index contributed by atoms with van der Waals surface area (Å²) in [5, 5.41) is 0. The van der Waals surface area contributed by atoms with Crippen molar-refractivity contribution in [1.29, 1.82) is 0 Å². The van der Waals surface area contributed by atoms with Gasteiger partial charge < -0.3 is 10.5 Å². The van der Waals surface area contributed by atoms with Crippen LogP contribution in [0.2, 0.25) is 0 Å². The lowest BCUT2D eigenvalue weighted by Crippen LogP contribution is -2.05. The van der Waals surface area contributed by atoms with Crippen molar-refractivity contribution in [3.05, 3.63) is 23.9 Å². The van der Waals surface area contributed by atoms with Gasteiger partial charge in [-0.15, -0.1) is 0 Å². The van der Waals surface area contributed by atoms with Gasteiger partial charge in [0.15, 0.2) is 0 Å². The average Bonchev–Trinajstić information content (AvgIpc) is 2.15. The van der Waals surface area contributed by atoms with Crippen LogP contribution in [-0.4, -0.2) is 11.6 Å². The quantitative estimate of drug-likeness (QED) is 0.769. The van der Waals surface area contributed by atoms with Crippen LogP contribution in [0.15, 0.2) is 18.3 Å². The first kappa shape index (κ1) is 9.99. The van der Waals surface area contributed by atoms with Crippen LogP contribution in [0.4, 0.5) is 0 Å². The molecule has 0 aliphatic carbocycles. The summed E-state index contributed by atoms with van der Waals surface area (Å²) in [6, 6.07) is 3.84. The molecule has 0 aliphatic heterocycles. The van der Waals surface area contributed by atoms with E-state index in [0.29, 0.717) is 12.5 Å². The van der Waals surface area contributed by atoms with Crippen LogP contribution in [0.25, 0.3) is 0 Å². The standard InChI is InChI=1S/C10H16N2O/c1-3-6-13-10-5-4-9(7-12-10)8(2)11/h4-5,7-8H,3,6,11H2,1-2H3. The molecule has 1 aromatic heterocycles. The summed E-state index contributed by atoms with van der Waals surface area (Å²) in [6.45, 7) is 4.71. The third kappa shape index (κ3) is 3.03. The molecule has 0 fully saturated rings. The number of nitrogens with zero attached hydrogens (tertiary/aromatic N) is 1. The summed E-state index contributed by atoms with van der Waals surface area (Å²) in [5.41, 5.74) is 6.71. The molecule has 0 saturated heterocycles. The van der Waals surface area contributed by atoms with E-state index in [0.717, 1.165) is 12.0 Å². The molecule has 72 valence electrons. The predicted octanol–water partition coefficient (Wildman–Crippen LogP) is 1.89. The maximum atomic E-state index is 5.68. The molecule has 1 atom stereocenters. The van der Waals surface area contributed by atoms with E-state index in [9.17, 15) is 0 Å². The molecule has 0 aromatic carbocycles. The minimum atomic E-state index is 0.0349. The number of hydrogen-bond acceptors (Lipinski definition) is 3. The zero-order valence-electron chi connectivity index (χ0n) is 8.16. The number of pyridine rings is 1. The van der Waals surface area contributed by atoms with Crippen molar-refractivity contribution in [2.75, 3.05) is 6.61 Å². The van der Waals surface area contributed by atoms with Crippen molar-refractivity contribution in [2.45, 2.75) is 26.3 Å². The van der Waals surface area contributed by atoms with Gasteiger partial charge >= 0.3 is 0 Å². The normalized spacial score (nSPS) is 12.5. The number of aromatic nitrogens is 1. The van der Waals surface area contributed by atoms with E-state index in [1.165, 1.54) is 0 Å². The molecule has 3 heteroatoms. The van der Waals surface area contributed by atoms with Gasteiger partial charge in [0.1, 0.15) is 0 Å². The van der Waals surface area contributed by atoms with Crippen molar-refractivity contribution >= 4 is 0 Å². The van der Waals surface area contributed by atoms with Crippen LogP contribution in [0.1, 0.15) is 31.9 Å². The van der Waals surface area contributed by atoms with E-state index in [2.05, 4.69) is 11.9 Å². The van der Waals surface area contributed by atoms with Crippen molar-refractivity contribution in [1.82, 2.24) is 4.98 Å². The first-order chi connectivity index (χ1) is 6.24. The SMILES string of the molecule is CCCOc1ccc(C(C)N)cn1. The van der Waals surface area contributed by atoms with E-state index in [1.807, 2.05) is 19.1 Å². The summed E-state index contributed by atoms with van der Waals surface area (Å²) < 4.78 is 5.34. The van der Waals surface area contributed by atoms with Gasteiger partial charge in [-0.05, 0) is 18.9 Å². The molecule has 0 saturated carbocycles. The lowest BCUT2D eigenvalue weighted by molar-refractivity contribution is 0.305. The Hall–Kier alpha value is -1.09. The molecule has 0 aliphatic rings. The molecule has 0 bridgehead atoms. The third-order valence-electron chi connectivity index (χ3n) is 1.74. The maximum absolute atomic E-state index is 5.68. The Morgan fingerprint density at radius 2 is 2.31 bits per heavy atom. The van der Waals surface area contributed by atoms with Gasteiger partial charge in [-0.2, -0.15) is 0 Å². The zero-order valence-corrected chi connectivity index (χ0v) is 8.16. The van der Waals surface area contributed by atoms with Gasteiger partial charge in [-0.1, -0.05) is 13.0 Å². The van der Waals surface area contributed by atoms with Gasteiger partial charge in [-0.3, -0.25) is 0 Å². The second kappa shape index (κ2) is 4.82. The minimum absolute atomic E-state index is 0.0349. The van der Waals surface area contributed by atoms with Crippen LogP contribution in [-0.2, 0) is 0 Å². The van der Waals surface area contributed by atoms with E-state index in [4.69, 9.17) is 10.5 Å². The third-order valence-corrected chi connectivity index (χ3v) is 1.74. The van der Waals surface area contributed by atoms with Gasteiger partial charge in [0.25, 0.3) is 0 Å². The molecule has 1 heterocycles. The van der Waals surface area contributed by atoms with Gasteiger partial charge in [0.2, 0.25) is 5.88 Å². The molecule has 1 unspecified atom stereocenters. The highest BCUT2D eigenvalue weighted by Gasteiger charge is 1.99. The highest BCUT2D eigenvalue weighted by molar-refractivity contribution is 5.19. The Bertz CT molecular complexity index is 244. The Morgan fingerprint density at radius 1 is 1.54 bits per heavy atom. The largest absolute Gasteiger partial charge is 0.478 e. The second-order valence-electron chi connectivity index (χ2n) is 3.07. The molecule has 2 N–H and O–H groups in total. The summed E-state index contributed by atoms with van der Waals surface area (Å²) in [5.74, 6) is 0.672. The smallest absolute Gasteiger partial charge is 0.213 e. The Morgan fingerprint density at radius 3 is 2.77 bits per heavy atom. The molecule has 1 aromatic rings. The molecule has 1 rings (SSSR count). The molecule has 3 nitrogen and oxygen atoms in total. The number of hydrogen-bond donors (Lipinski definition) is 1. The highest BCUT2D eigenvalue weighted by atomic mass is 16.5. The molecule has 0 amide bonds. The van der Waals surface area contributed by atoms with Crippen molar-refractivity contribution in [2.24, 2.45) is 5.73 Å². The van der Waals surface area contributed by atoms with E-state index in [-0.39, 0.29) is 6.04 Å². The summed E-state index contributed by atoms with van der Waals surface area (Å²) >= 11 is 0. The fourth-order valence-corrected chi connectivity index (χ4v) is 0.953. The van der Waals surface area contributed by atoms with Crippen molar-refractivity contribution < 1.29 is 4.74 Å². The Kier molecular flexibility index (Phi) is 3.71. The van der Waals surface area contributed by atoms with Crippen LogP contribution >= 0.6 is 0 Å². The lowest BCUT2D eigenvalue weighted by Gasteiger charge is -2.06. The summed E-state index contributed by atoms with van der Waals surface area (Å²) in [7, 11) is 0. The minimum Gasteiger partial charge on any atom is -0.478 e. The highest BCUT2D eigenvalue weighted by Crippen LogP contribution is 2.12. The molecular weight excluding hydrogens is 164 g/mol. The zero-order chi connectivity index (χ0) is 9.68. The number of nitrogens with two attached hydrogens (primary N) is 1. The molecular formula is C10H16N2O. The summed E-state index contributed by atoms with van der Waals surface area (Å²) in [6.07, 6.45) is 2.76. The fraction of sp³-hybridized carbons (Fsp3) is 0.500. The Labute approximate surface area is 78.9 Å². The van der Waals surface area contributed by atoms with Crippen molar-refractivity contribution in [3.63, 3.8) is 0 Å². The maximum Gasteiger partial charge on any atom is 0.213 e. The molecule has 0 spiro atoms. The summed E-state index contributed by atoms with van der Waals surface area (Å²) in [4.78, 5) is 4.14. The van der Waals surface area contributed by atoms with Gasteiger partial charge in [0, 0.05) is 18.3 Å². The lowest BCUT2D eigenvalue weighted by atomic mass is 10.2. The van der Waals surface area contributed by atoms with Crippen LogP contribution in [0, 0.1) is 0 Å². The molecule has 0 radical (unpaired) electrons. The van der Waals surface area contributed by atoms with Crippen LogP contribution < -0.4 is 10.5 Å². The average molecular weight is 180 g/mol. The first-order valence-electron chi connectivity index (χ1n) is 4.58. The second-order valence-corrected chi connectivity index (χ2v) is 3.07. The first-order valence-corrected chi connectivity index (χ1v) is 4.58. The monoisotopic (exact) mass is 180 g/mol. The predicted molar refractivity (Wildman–Crippen MR) is 52.6 cm³/mol. The Balaban J connectivity index is 2.59. The van der Waals surface area contributed by atoms with E-state index < -0.39 is 0 Å². The fourth-order valence-electron chi connectivity index (χ4n) is 0.953. The van der Waals surface area contributed by atoms with Crippen molar-refractivity contribution in [3.8, 4) is 5.88 Å². The number of ether oxygens (including phenoxy) is 1. The number of rotatable bonds is 4. The topological polar surface area (TPSA) is 48.1 Å². The van der Waals surface area contributed by atoms with Gasteiger partial charge in [-0.25, -0.2) is 4.98 Å². The van der Waals surface area contributed by atoms with Crippen LogP contribution in [0.3, 0.4) is 0 Å². The van der Waals surface area contributed by atoms with Gasteiger partial charge in [0.05, 0.1) is 6.61 Å². The van der Waals surface area contributed by atoms with Crippen LogP contribution in [0.5, 0.6) is 5.88 Å².